The fourth-order valence-corrected chi connectivity index (χ4v) is 4.08. The first-order valence-electron chi connectivity index (χ1n) is 9.60. The molecular formula is C25H24NO3. The van der Waals surface area contributed by atoms with Gasteiger partial charge in [-0.15, -0.1) is 0 Å². The van der Waals surface area contributed by atoms with Crippen LogP contribution in [0.4, 0.5) is 5.69 Å². The standard InChI is InChI=1S/C25H24NO3/c1-16-8-7-11-20-21(16)24(27)22(17-9-5-4-6-10-17)23(26-20)18-12-14-19(15-13-18)25(28-2)29-3/h4-15,22-23,25-26H,1H2,2-3H3. The van der Waals surface area contributed by atoms with Crippen LogP contribution in [0.15, 0.2) is 72.8 Å². The molecular weight excluding hydrogens is 362 g/mol. The molecule has 4 rings (SSSR count). The third kappa shape index (κ3) is 3.57. The minimum absolute atomic E-state index is 0.0938. The minimum Gasteiger partial charge on any atom is -0.377 e. The van der Waals surface area contributed by atoms with Gasteiger partial charge in [0.2, 0.25) is 0 Å². The average molecular weight is 386 g/mol. The Morgan fingerprint density at radius 2 is 1.55 bits per heavy atom. The van der Waals surface area contributed by atoms with Crippen LogP contribution in [0.25, 0.3) is 0 Å². The Balaban J connectivity index is 1.79. The molecule has 1 aliphatic heterocycles. The predicted octanol–water partition coefficient (Wildman–Crippen LogP) is 5.29. The number of carbonyl (C=O) groups excluding carboxylic acids is 1. The van der Waals surface area contributed by atoms with Crippen molar-refractivity contribution in [2.24, 2.45) is 0 Å². The Hall–Kier alpha value is -2.95. The first kappa shape index (κ1) is 19.4. The Bertz CT molecular complexity index is 994. The first-order chi connectivity index (χ1) is 14.1. The van der Waals surface area contributed by atoms with E-state index in [1.54, 1.807) is 14.2 Å². The second-order valence-electron chi connectivity index (χ2n) is 7.18. The van der Waals surface area contributed by atoms with Crippen molar-refractivity contribution < 1.29 is 14.3 Å². The van der Waals surface area contributed by atoms with Crippen molar-refractivity contribution >= 4 is 11.5 Å². The summed E-state index contributed by atoms with van der Waals surface area (Å²) in [6, 6.07) is 23.5. The molecule has 4 heteroatoms. The molecule has 0 aromatic heterocycles. The summed E-state index contributed by atoms with van der Waals surface area (Å²) < 4.78 is 10.7. The summed E-state index contributed by atoms with van der Waals surface area (Å²) in [4.78, 5) is 13.6. The van der Waals surface area contributed by atoms with E-state index in [4.69, 9.17) is 9.47 Å². The number of Topliss-reactive ketones (excluding diaryl/α,β-unsaturated/α-hetero) is 1. The molecule has 1 radical (unpaired) electrons. The molecule has 4 nitrogen and oxygen atoms in total. The van der Waals surface area contributed by atoms with E-state index in [1.807, 2.05) is 72.8 Å². The van der Waals surface area contributed by atoms with Gasteiger partial charge in [0, 0.05) is 31.0 Å². The summed E-state index contributed by atoms with van der Waals surface area (Å²) in [7, 11) is 3.23. The molecule has 1 heterocycles. The Kier molecular flexibility index (Phi) is 5.47. The number of nitrogens with one attached hydrogen (secondary N) is 1. The SMILES string of the molecule is [CH2]c1cccc2c1C(=O)C(c1ccccc1)C(c1ccc(C(OC)OC)cc1)N2. The molecule has 1 aliphatic rings. The van der Waals surface area contributed by atoms with Gasteiger partial charge >= 0.3 is 0 Å². The second-order valence-corrected chi connectivity index (χ2v) is 7.18. The molecule has 0 saturated carbocycles. The largest absolute Gasteiger partial charge is 0.377 e. The summed E-state index contributed by atoms with van der Waals surface area (Å²) in [6.45, 7) is 4.07. The molecule has 0 bridgehead atoms. The van der Waals surface area contributed by atoms with E-state index in [9.17, 15) is 4.79 Å². The number of benzene rings is 3. The fraction of sp³-hybridized carbons (Fsp3) is 0.200. The van der Waals surface area contributed by atoms with Gasteiger partial charge in [-0.1, -0.05) is 66.7 Å². The van der Waals surface area contributed by atoms with E-state index >= 15 is 0 Å². The molecule has 1 N–H and O–H groups in total. The lowest BCUT2D eigenvalue weighted by Gasteiger charge is -2.35. The third-order valence-corrected chi connectivity index (χ3v) is 5.48. The second kappa shape index (κ2) is 8.19. The van der Waals surface area contributed by atoms with E-state index in [1.165, 1.54) is 0 Å². The van der Waals surface area contributed by atoms with Crippen LogP contribution in [0.5, 0.6) is 0 Å². The molecule has 3 aromatic carbocycles. The smallest absolute Gasteiger partial charge is 0.183 e. The number of ether oxygens (including phenoxy) is 2. The number of hydrogen-bond acceptors (Lipinski definition) is 4. The van der Waals surface area contributed by atoms with Crippen LogP contribution >= 0.6 is 0 Å². The molecule has 29 heavy (non-hydrogen) atoms. The molecule has 2 atom stereocenters. The van der Waals surface area contributed by atoms with E-state index in [2.05, 4.69) is 12.2 Å². The zero-order valence-corrected chi connectivity index (χ0v) is 16.6. The minimum atomic E-state index is -0.413. The van der Waals surface area contributed by atoms with E-state index < -0.39 is 6.29 Å². The van der Waals surface area contributed by atoms with E-state index in [0.717, 1.165) is 27.9 Å². The van der Waals surface area contributed by atoms with Crippen molar-refractivity contribution in [3.8, 4) is 0 Å². The first-order valence-corrected chi connectivity index (χ1v) is 9.60. The number of fused-ring (bicyclic) bond motifs is 1. The number of hydrogen-bond donors (Lipinski definition) is 1. The Labute approximate surface area is 171 Å². The summed E-state index contributed by atoms with van der Waals surface area (Å²) in [5.41, 5.74) is 5.19. The molecule has 0 fully saturated rings. The topological polar surface area (TPSA) is 47.6 Å². The molecule has 0 spiro atoms. The molecule has 2 unspecified atom stereocenters. The van der Waals surface area contributed by atoms with Crippen molar-refractivity contribution in [3.05, 3.63) is 108 Å². The van der Waals surface area contributed by atoms with Gasteiger partial charge < -0.3 is 14.8 Å². The number of ketones is 1. The molecule has 147 valence electrons. The maximum absolute atomic E-state index is 13.6. The average Bonchev–Trinajstić information content (AvgIpc) is 2.75. The number of anilines is 1. The third-order valence-electron chi connectivity index (χ3n) is 5.48. The van der Waals surface area contributed by atoms with Crippen LogP contribution in [-0.4, -0.2) is 20.0 Å². The number of rotatable bonds is 5. The van der Waals surface area contributed by atoms with Crippen LogP contribution in [0.3, 0.4) is 0 Å². The van der Waals surface area contributed by atoms with Crippen molar-refractivity contribution in [3.63, 3.8) is 0 Å². The van der Waals surface area contributed by atoms with Crippen LogP contribution < -0.4 is 5.32 Å². The van der Waals surface area contributed by atoms with Crippen LogP contribution in [-0.2, 0) is 9.47 Å². The summed E-state index contributed by atoms with van der Waals surface area (Å²) >= 11 is 0. The molecule has 0 amide bonds. The fourth-order valence-electron chi connectivity index (χ4n) is 4.08. The summed E-state index contributed by atoms with van der Waals surface area (Å²) in [5, 5.41) is 3.59. The van der Waals surface area contributed by atoms with Gasteiger partial charge in [0.25, 0.3) is 0 Å². The molecule has 0 aliphatic carbocycles. The zero-order chi connectivity index (χ0) is 20.4. The monoisotopic (exact) mass is 386 g/mol. The summed E-state index contributed by atoms with van der Waals surface area (Å²) in [5.74, 6) is -0.241. The quantitative estimate of drug-likeness (QED) is 0.605. The Morgan fingerprint density at radius 3 is 2.21 bits per heavy atom. The maximum Gasteiger partial charge on any atom is 0.183 e. The summed E-state index contributed by atoms with van der Waals surface area (Å²) in [6.07, 6.45) is -0.413. The number of carbonyl (C=O) groups is 1. The van der Waals surface area contributed by atoms with Gasteiger partial charge in [0.15, 0.2) is 12.1 Å². The van der Waals surface area contributed by atoms with Gasteiger partial charge in [-0.3, -0.25) is 4.79 Å². The predicted molar refractivity (Wildman–Crippen MR) is 114 cm³/mol. The van der Waals surface area contributed by atoms with Gasteiger partial charge in [0.1, 0.15) is 0 Å². The van der Waals surface area contributed by atoms with Crippen LogP contribution in [0, 0.1) is 6.92 Å². The normalized spacial score (nSPS) is 18.4. The van der Waals surface area contributed by atoms with Crippen molar-refractivity contribution in [2.75, 3.05) is 19.5 Å². The lowest BCUT2D eigenvalue weighted by molar-refractivity contribution is -0.106. The molecule has 0 saturated heterocycles. The van der Waals surface area contributed by atoms with E-state index in [-0.39, 0.29) is 17.7 Å². The van der Waals surface area contributed by atoms with Crippen molar-refractivity contribution in [1.29, 1.82) is 0 Å². The van der Waals surface area contributed by atoms with Gasteiger partial charge in [0.05, 0.1) is 12.0 Å². The lowest BCUT2D eigenvalue weighted by Crippen LogP contribution is -2.32. The van der Waals surface area contributed by atoms with Gasteiger partial charge in [-0.2, -0.15) is 0 Å². The van der Waals surface area contributed by atoms with Crippen LogP contribution in [0.1, 0.15) is 50.9 Å². The van der Waals surface area contributed by atoms with Crippen LogP contribution in [0.2, 0.25) is 0 Å². The maximum atomic E-state index is 13.6. The van der Waals surface area contributed by atoms with Gasteiger partial charge in [-0.05, 0) is 29.7 Å². The van der Waals surface area contributed by atoms with Crippen molar-refractivity contribution in [2.45, 2.75) is 18.2 Å². The molecule has 3 aromatic rings. The lowest BCUT2D eigenvalue weighted by atomic mass is 9.77. The Morgan fingerprint density at radius 1 is 0.862 bits per heavy atom. The highest BCUT2D eigenvalue weighted by molar-refractivity contribution is 6.09. The van der Waals surface area contributed by atoms with E-state index in [0.29, 0.717) is 5.56 Å². The number of methoxy groups -OCH3 is 2. The van der Waals surface area contributed by atoms with Gasteiger partial charge in [-0.25, -0.2) is 0 Å². The highest BCUT2D eigenvalue weighted by Gasteiger charge is 2.38. The highest BCUT2D eigenvalue weighted by atomic mass is 16.7. The van der Waals surface area contributed by atoms with Crippen molar-refractivity contribution in [1.82, 2.24) is 0 Å². The highest BCUT2D eigenvalue weighted by Crippen LogP contribution is 2.43. The zero-order valence-electron chi connectivity index (χ0n) is 16.6.